The van der Waals surface area contributed by atoms with Crippen LogP contribution in [-0.2, 0) is 4.74 Å². The van der Waals surface area contributed by atoms with Crippen molar-refractivity contribution >= 4 is 23.3 Å². The fourth-order valence-electron chi connectivity index (χ4n) is 5.73. The summed E-state index contributed by atoms with van der Waals surface area (Å²) < 4.78 is 14.1. The number of rotatable bonds is 5. The number of nitrogens with zero attached hydrogens (tertiary/aromatic N) is 2. The molecule has 5 nitrogen and oxygen atoms in total. The molecule has 1 aromatic carbocycles. The van der Waals surface area contributed by atoms with Crippen LogP contribution in [0.3, 0.4) is 0 Å². The van der Waals surface area contributed by atoms with E-state index in [0.717, 1.165) is 11.5 Å². The Bertz CT molecular complexity index is 717. The van der Waals surface area contributed by atoms with E-state index in [-0.39, 0.29) is 11.7 Å². The first-order valence-electron chi connectivity index (χ1n) is 10.6. The van der Waals surface area contributed by atoms with Crippen LogP contribution in [0.25, 0.3) is 0 Å². The van der Waals surface area contributed by atoms with E-state index in [4.69, 9.17) is 9.47 Å². The molecule has 0 saturated carbocycles. The quantitative estimate of drug-likeness (QED) is 0.710. The summed E-state index contributed by atoms with van der Waals surface area (Å²) in [4.78, 5) is 2.73. The molecule has 3 heterocycles. The molecular formula is C22H35N3O2S. The van der Waals surface area contributed by atoms with Crippen molar-refractivity contribution in [3.05, 3.63) is 18.2 Å². The zero-order valence-corrected chi connectivity index (χ0v) is 18.9. The van der Waals surface area contributed by atoms with Crippen LogP contribution >= 0.6 is 11.9 Å². The number of methoxy groups -OCH3 is 2. The number of ether oxygens (including phenoxy) is 2. The Morgan fingerprint density at radius 3 is 2.75 bits per heavy atom. The standard InChI is InChI=1S/C22H35N3O2S/c1-7-8-11-22(4)15(3)24-19(14(2)20(22)27-6)13-28-25-18-12-16(26-5)9-10-17(18)23-21(24)25/h9-10,12,14-15,19-21,23H,7-8,11,13H2,1-6H3. The van der Waals surface area contributed by atoms with E-state index in [1.807, 2.05) is 25.1 Å². The third-order valence-corrected chi connectivity index (χ3v) is 8.62. The summed E-state index contributed by atoms with van der Waals surface area (Å²) in [6.07, 6.45) is 4.16. The number of anilines is 2. The Labute approximate surface area is 174 Å². The van der Waals surface area contributed by atoms with Crippen LogP contribution in [0.5, 0.6) is 5.75 Å². The van der Waals surface area contributed by atoms with Gasteiger partial charge in [-0.2, -0.15) is 0 Å². The molecule has 6 atom stereocenters. The lowest BCUT2D eigenvalue weighted by molar-refractivity contribution is -0.156. The third-order valence-electron chi connectivity index (χ3n) is 7.46. The SMILES string of the molecule is CCCCC1(C)C(OC)C(C)C2CSN3c4cc(OC)ccc4NC3N2C1C. The Morgan fingerprint density at radius 2 is 2.07 bits per heavy atom. The first-order valence-corrected chi connectivity index (χ1v) is 11.6. The van der Waals surface area contributed by atoms with E-state index >= 15 is 0 Å². The van der Waals surface area contributed by atoms with Crippen molar-refractivity contribution < 1.29 is 9.47 Å². The molecule has 6 unspecified atom stereocenters. The first kappa shape index (κ1) is 20.2. The maximum atomic E-state index is 6.15. The molecule has 0 bridgehead atoms. The molecule has 1 N–H and O–H groups in total. The maximum Gasteiger partial charge on any atom is 0.168 e. The topological polar surface area (TPSA) is 37.0 Å². The van der Waals surface area contributed by atoms with E-state index in [2.05, 4.69) is 54.3 Å². The summed E-state index contributed by atoms with van der Waals surface area (Å²) in [5.41, 5.74) is 2.57. The molecule has 3 aliphatic heterocycles. The molecular weight excluding hydrogens is 370 g/mol. The van der Waals surface area contributed by atoms with Gasteiger partial charge in [0.05, 0.1) is 24.6 Å². The maximum absolute atomic E-state index is 6.15. The van der Waals surface area contributed by atoms with Crippen LogP contribution in [0.1, 0.15) is 47.0 Å². The lowest BCUT2D eigenvalue weighted by Crippen LogP contribution is -2.72. The predicted octanol–water partition coefficient (Wildman–Crippen LogP) is 4.79. The summed E-state index contributed by atoms with van der Waals surface area (Å²) in [5, 5.41) is 3.80. The van der Waals surface area contributed by atoms with Crippen LogP contribution in [0.2, 0.25) is 0 Å². The molecule has 0 radical (unpaired) electrons. The Balaban J connectivity index is 1.68. The molecule has 3 aliphatic rings. The second kappa shape index (κ2) is 7.62. The first-order chi connectivity index (χ1) is 13.5. The van der Waals surface area contributed by atoms with Crippen LogP contribution in [0.15, 0.2) is 18.2 Å². The molecule has 0 amide bonds. The van der Waals surface area contributed by atoms with Gasteiger partial charge in [0.2, 0.25) is 0 Å². The summed E-state index contributed by atoms with van der Waals surface area (Å²) in [6.45, 7) is 9.54. The van der Waals surface area contributed by atoms with E-state index in [9.17, 15) is 0 Å². The van der Waals surface area contributed by atoms with E-state index < -0.39 is 0 Å². The number of unbranched alkanes of at least 4 members (excludes halogenated alkanes) is 1. The highest BCUT2D eigenvalue weighted by atomic mass is 32.2. The molecule has 4 rings (SSSR count). The molecule has 1 aromatic rings. The lowest BCUT2D eigenvalue weighted by Gasteiger charge is -2.61. The molecule has 2 saturated heterocycles. The Morgan fingerprint density at radius 1 is 1.29 bits per heavy atom. The summed E-state index contributed by atoms with van der Waals surface area (Å²) in [5.74, 6) is 2.50. The summed E-state index contributed by atoms with van der Waals surface area (Å²) in [7, 11) is 3.64. The predicted molar refractivity (Wildman–Crippen MR) is 118 cm³/mol. The molecule has 0 spiro atoms. The summed E-state index contributed by atoms with van der Waals surface area (Å²) in [6, 6.07) is 7.28. The summed E-state index contributed by atoms with van der Waals surface area (Å²) >= 11 is 1.94. The van der Waals surface area contributed by atoms with Crippen LogP contribution < -0.4 is 14.4 Å². The highest BCUT2D eigenvalue weighted by Crippen LogP contribution is 2.53. The minimum atomic E-state index is 0.141. The molecule has 28 heavy (non-hydrogen) atoms. The molecule has 2 fully saturated rings. The van der Waals surface area contributed by atoms with Crippen molar-refractivity contribution in [2.24, 2.45) is 11.3 Å². The van der Waals surface area contributed by atoms with Gasteiger partial charge in [0, 0.05) is 36.4 Å². The highest BCUT2D eigenvalue weighted by Gasteiger charge is 2.57. The number of piperidine rings is 1. The van der Waals surface area contributed by atoms with Gasteiger partial charge in [0.1, 0.15) is 5.75 Å². The van der Waals surface area contributed by atoms with Gasteiger partial charge >= 0.3 is 0 Å². The molecule has 0 aromatic heterocycles. The largest absolute Gasteiger partial charge is 0.497 e. The van der Waals surface area contributed by atoms with Gasteiger partial charge in [-0.15, -0.1) is 0 Å². The Hall–Kier alpha value is -1.11. The zero-order valence-electron chi connectivity index (χ0n) is 18.1. The zero-order chi connectivity index (χ0) is 20.1. The average Bonchev–Trinajstić information content (AvgIpc) is 3.08. The van der Waals surface area contributed by atoms with E-state index in [1.54, 1.807) is 7.11 Å². The molecule has 156 valence electrons. The fourth-order valence-corrected chi connectivity index (χ4v) is 7.11. The van der Waals surface area contributed by atoms with Gasteiger partial charge in [0.15, 0.2) is 6.29 Å². The van der Waals surface area contributed by atoms with Gasteiger partial charge in [-0.05, 0) is 43.3 Å². The number of nitrogens with one attached hydrogen (secondary N) is 1. The van der Waals surface area contributed by atoms with Crippen molar-refractivity contribution in [3.8, 4) is 5.75 Å². The highest BCUT2D eigenvalue weighted by molar-refractivity contribution is 8.00. The van der Waals surface area contributed by atoms with Crippen LogP contribution in [0, 0.1) is 11.3 Å². The fraction of sp³-hybridized carbons (Fsp3) is 0.727. The molecule has 6 heteroatoms. The number of benzene rings is 1. The van der Waals surface area contributed by atoms with Gasteiger partial charge in [-0.25, -0.2) is 0 Å². The van der Waals surface area contributed by atoms with E-state index in [1.165, 1.54) is 30.6 Å². The van der Waals surface area contributed by atoms with Gasteiger partial charge < -0.3 is 14.8 Å². The monoisotopic (exact) mass is 405 g/mol. The van der Waals surface area contributed by atoms with Crippen LogP contribution in [0.4, 0.5) is 11.4 Å². The average molecular weight is 406 g/mol. The minimum Gasteiger partial charge on any atom is -0.497 e. The smallest absolute Gasteiger partial charge is 0.168 e. The lowest BCUT2D eigenvalue weighted by atomic mass is 9.64. The minimum absolute atomic E-state index is 0.141. The number of fused-ring (bicyclic) bond motifs is 5. The normalized spacial score (nSPS) is 37.1. The number of hydrogen-bond acceptors (Lipinski definition) is 6. The number of hydrogen-bond donors (Lipinski definition) is 1. The Kier molecular flexibility index (Phi) is 5.49. The van der Waals surface area contributed by atoms with Crippen molar-refractivity contribution in [3.63, 3.8) is 0 Å². The molecule has 0 aliphatic carbocycles. The van der Waals surface area contributed by atoms with Gasteiger partial charge in [-0.1, -0.05) is 33.6 Å². The van der Waals surface area contributed by atoms with Crippen molar-refractivity contribution in [2.75, 3.05) is 29.6 Å². The van der Waals surface area contributed by atoms with Crippen molar-refractivity contribution in [2.45, 2.75) is 71.4 Å². The third kappa shape index (κ3) is 2.91. The second-order valence-electron chi connectivity index (χ2n) is 8.84. The van der Waals surface area contributed by atoms with Crippen LogP contribution in [-0.4, -0.2) is 49.3 Å². The van der Waals surface area contributed by atoms with Crippen molar-refractivity contribution in [1.82, 2.24) is 4.90 Å². The van der Waals surface area contributed by atoms with E-state index in [0.29, 0.717) is 24.1 Å². The van der Waals surface area contributed by atoms with Crippen molar-refractivity contribution in [1.29, 1.82) is 0 Å². The van der Waals surface area contributed by atoms with Gasteiger partial charge in [0.25, 0.3) is 0 Å². The van der Waals surface area contributed by atoms with Gasteiger partial charge in [-0.3, -0.25) is 9.21 Å². The second-order valence-corrected chi connectivity index (χ2v) is 9.82.